The number of hydrogen-bond donors (Lipinski definition) is 0. The van der Waals surface area contributed by atoms with Crippen LogP contribution in [0.15, 0.2) is 11.5 Å². The third-order valence-corrected chi connectivity index (χ3v) is 5.08. The van der Waals surface area contributed by atoms with E-state index in [1.807, 2.05) is 6.92 Å². The standard InChI is InChI=1S/C14H26N4O5S/c1-5-7-8-17(9-10-22-4)14(19)18-11-15-13(16-18)24(20,21)12(3)23-6-2/h11-12H,5-10H2,1-4H3. The van der Waals surface area contributed by atoms with Crippen molar-refractivity contribution in [1.82, 2.24) is 19.7 Å². The largest absolute Gasteiger partial charge is 0.383 e. The number of carbonyl (C=O) groups is 1. The average Bonchev–Trinajstić information content (AvgIpc) is 3.05. The molecule has 0 aliphatic heterocycles. The second-order valence-electron chi connectivity index (χ2n) is 5.16. The first kappa shape index (κ1) is 20.5. The van der Waals surface area contributed by atoms with Crippen molar-refractivity contribution in [2.75, 3.05) is 33.4 Å². The van der Waals surface area contributed by atoms with Gasteiger partial charge in [0.2, 0.25) is 9.84 Å². The lowest BCUT2D eigenvalue weighted by molar-refractivity contribution is 0.129. The van der Waals surface area contributed by atoms with Gasteiger partial charge in [0.05, 0.1) is 6.61 Å². The van der Waals surface area contributed by atoms with E-state index < -0.39 is 26.5 Å². The Kier molecular flexibility index (Phi) is 8.29. The molecular formula is C14H26N4O5S. The lowest BCUT2D eigenvalue weighted by Gasteiger charge is -2.21. The van der Waals surface area contributed by atoms with E-state index in [9.17, 15) is 13.2 Å². The maximum Gasteiger partial charge on any atom is 0.346 e. The highest BCUT2D eigenvalue weighted by Crippen LogP contribution is 2.12. The second kappa shape index (κ2) is 9.70. The van der Waals surface area contributed by atoms with Gasteiger partial charge >= 0.3 is 6.03 Å². The Labute approximate surface area is 142 Å². The molecule has 1 atom stereocenters. The molecule has 24 heavy (non-hydrogen) atoms. The van der Waals surface area contributed by atoms with Crippen LogP contribution < -0.4 is 0 Å². The minimum absolute atomic E-state index is 0.252. The number of sulfone groups is 1. The van der Waals surface area contributed by atoms with Gasteiger partial charge in [-0.15, -0.1) is 5.10 Å². The number of ether oxygens (including phenoxy) is 2. The molecule has 0 spiro atoms. The van der Waals surface area contributed by atoms with Crippen LogP contribution in [0.4, 0.5) is 4.79 Å². The van der Waals surface area contributed by atoms with Gasteiger partial charge in [-0.2, -0.15) is 4.68 Å². The van der Waals surface area contributed by atoms with E-state index in [1.54, 1.807) is 18.9 Å². The zero-order valence-corrected chi connectivity index (χ0v) is 15.5. The van der Waals surface area contributed by atoms with E-state index >= 15 is 0 Å². The van der Waals surface area contributed by atoms with Crippen LogP contribution in [0.2, 0.25) is 0 Å². The molecular weight excluding hydrogens is 336 g/mol. The van der Waals surface area contributed by atoms with E-state index in [0.29, 0.717) is 19.7 Å². The minimum atomic E-state index is -3.83. The van der Waals surface area contributed by atoms with Crippen LogP contribution in [-0.4, -0.2) is 73.0 Å². The Morgan fingerprint density at radius 3 is 2.67 bits per heavy atom. The lowest BCUT2D eigenvalue weighted by Crippen LogP contribution is -2.38. The number of hydrogen-bond acceptors (Lipinski definition) is 7. The van der Waals surface area contributed by atoms with Crippen molar-refractivity contribution in [3.63, 3.8) is 0 Å². The molecule has 0 aliphatic carbocycles. The maximum absolute atomic E-state index is 12.5. The highest BCUT2D eigenvalue weighted by Gasteiger charge is 2.29. The summed E-state index contributed by atoms with van der Waals surface area (Å²) in [7, 11) is -2.28. The fraction of sp³-hybridized carbons (Fsp3) is 0.786. The molecule has 0 bridgehead atoms. The van der Waals surface area contributed by atoms with Crippen molar-refractivity contribution in [1.29, 1.82) is 0 Å². The summed E-state index contributed by atoms with van der Waals surface area (Å²) in [5.41, 5.74) is -1.07. The molecule has 0 saturated heterocycles. The van der Waals surface area contributed by atoms with Crippen molar-refractivity contribution < 1.29 is 22.7 Å². The molecule has 1 aromatic rings. The van der Waals surface area contributed by atoms with Gasteiger partial charge in [0, 0.05) is 26.8 Å². The summed E-state index contributed by atoms with van der Waals surface area (Å²) in [4.78, 5) is 17.8. The molecule has 0 N–H and O–H groups in total. The van der Waals surface area contributed by atoms with E-state index in [-0.39, 0.29) is 6.61 Å². The lowest BCUT2D eigenvalue weighted by atomic mass is 10.3. The molecule has 0 saturated carbocycles. The van der Waals surface area contributed by atoms with Crippen molar-refractivity contribution in [2.24, 2.45) is 0 Å². The van der Waals surface area contributed by atoms with Gasteiger partial charge in [0.1, 0.15) is 6.33 Å². The smallest absolute Gasteiger partial charge is 0.346 e. The summed E-state index contributed by atoms with van der Waals surface area (Å²) in [6, 6.07) is -0.432. The topological polar surface area (TPSA) is 104 Å². The third kappa shape index (κ3) is 5.25. The van der Waals surface area contributed by atoms with Crippen LogP contribution in [0.5, 0.6) is 0 Å². The Morgan fingerprint density at radius 2 is 2.08 bits per heavy atom. The van der Waals surface area contributed by atoms with E-state index in [2.05, 4.69) is 10.1 Å². The molecule has 1 aromatic heterocycles. The predicted octanol–water partition coefficient (Wildman–Crippen LogP) is 1.15. The average molecular weight is 362 g/mol. The van der Waals surface area contributed by atoms with Gasteiger partial charge in [0.25, 0.3) is 5.16 Å². The van der Waals surface area contributed by atoms with E-state index in [1.165, 1.54) is 6.92 Å². The van der Waals surface area contributed by atoms with Gasteiger partial charge in [-0.25, -0.2) is 18.2 Å². The van der Waals surface area contributed by atoms with Crippen LogP contribution in [0, 0.1) is 0 Å². The number of amides is 1. The molecule has 1 heterocycles. The first-order valence-electron chi connectivity index (χ1n) is 7.93. The molecule has 0 radical (unpaired) electrons. The van der Waals surface area contributed by atoms with Crippen LogP contribution >= 0.6 is 0 Å². The number of nitrogens with zero attached hydrogens (tertiary/aromatic N) is 4. The summed E-state index contributed by atoms with van der Waals surface area (Å²) in [5, 5.41) is 3.41. The van der Waals surface area contributed by atoms with Crippen LogP contribution in [-0.2, 0) is 19.3 Å². The second-order valence-corrected chi connectivity index (χ2v) is 7.27. The van der Waals surface area contributed by atoms with Crippen molar-refractivity contribution in [3.05, 3.63) is 6.33 Å². The molecule has 9 nitrogen and oxygen atoms in total. The van der Waals surface area contributed by atoms with Crippen LogP contribution in [0.1, 0.15) is 33.6 Å². The molecule has 0 fully saturated rings. The molecule has 0 aliphatic rings. The molecule has 1 rings (SSSR count). The molecule has 138 valence electrons. The van der Waals surface area contributed by atoms with Gasteiger partial charge in [-0.1, -0.05) is 13.3 Å². The summed E-state index contributed by atoms with van der Waals surface area (Å²) >= 11 is 0. The van der Waals surface area contributed by atoms with Crippen molar-refractivity contribution in [2.45, 2.75) is 44.2 Å². The van der Waals surface area contributed by atoms with Crippen LogP contribution in [0.3, 0.4) is 0 Å². The number of aromatic nitrogens is 3. The van der Waals surface area contributed by atoms with E-state index in [0.717, 1.165) is 23.9 Å². The molecule has 1 amide bonds. The Bertz CT molecular complexity index is 608. The van der Waals surface area contributed by atoms with Gasteiger partial charge < -0.3 is 14.4 Å². The zero-order chi connectivity index (χ0) is 18.2. The SMILES string of the molecule is CCCCN(CCOC)C(=O)n1cnc(S(=O)(=O)C(C)OCC)n1. The predicted molar refractivity (Wildman–Crippen MR) is 87.4 cm³/mol. The van der Waals surface area contributed by atoms with Crippen LogP contribution in [0.25, 0.3) is 0 Å². The van der Waals surface area contributed by atoms with Gasteiger partial charge in [0.15, 0.2) is 5.44 Å². The first-order chi connectivity index (χ1) is 11.4. The molecule has 10 heteroatoms. The molecule has 0 aromatic carbocycles. The number of unbranched alkanes of at least 4 members (excludes halogenated alkanes) is 1. The first-order valence-corrected chi connectivity index (χ1v) is 9.48. The molecule has 1 unspecified atom stereocenters. The summed E-state index contributed by atoms with van der Waals surface area (Å²) in [6.07, 6.45) is 2.87. The summed E-state index contributed by atoms with van der Waals surface area (Å²) < 4.78 is 35.6. The Morgan fingerprint density at radius 1 is 1.38 bits per heavy atom. The Balaban J connectivity index is 2.94. The quantitative estimate of drug-likeness (QED) is 0.615. The monoisotopic (exact) mass is 362 g/mol. The van der Waals surface area contributed by atoms with Crippen molar-refractivity contribution >= 4 is 15.9 Å². The number of rotatable bonds is 10. The van der Waals surface area contributed by atoms with E-state index in [4.69, 9.17) is 9.47 Å². The van der Waals surface area contributed by atoms with Gasteiger partial charge in [-0.05, 0) is 20.3 Å². The fourth-order valence-corrected chi connectivity index (χ4v) is 2.95. The zero-order valence-electron chi connectivity index (χ0n) is 14.6. The maximum atomic E-state index is 12.5. The number of carbonyl (C=O) groups excluding carboxylic acids is 1. The highest BCUT2D eigenvalue weighted by molar-refractivity contribution is 7.91. The number of methoxy groups -OCH3 is 1. The normalized spacial score (nSPS) is 13.0. The fourth-order valence-electron chi connectivity index (χ4n) is 1.94. The van der Waals surface area contributed by atoms with Crippen molar-refractivity contribution in [3.8, 4) is 0 Å². The summed E-state index contributed by atoms with van der Waals surface area (Å²) in [5.74, 6) is 0. The Hall–Kier alpha value is -1.52. The highest BCUT2D eigenvalue weighted by atomic mass is 32.2. The third-order valence-electron chi connectivity index (χ3n) is 3.38. The van der Waals surface area contributed by atoms with Gasteiger partial charge in [-0.3, -0.25) is 0 Å². The minimum Gasteiger partial charge on any atom is -0.383 e. The summed E-state index contributed by atoms with van der Waals surface area (Å²) in [6.45, 7) is 6.70.